The topological polar surface area (TPSA) is 18.5 Å². The molecule has 1 rings (SSSR count). The Bertz CT molecular complexity index is 340. The van der Waals surface area contributed by atoms with E-state index in [0.29, 0.717) is 11.4 Å². The summed E-state index contributed by atoms with van der Waals surface area (Å²) in [5, 5.41) is 0. The maximum Gasteiger partial charge on any atom is 0.329 e. The zero-order valence-electron chi connectivity index (χ0n) is 11.5. The van der Waals surface area contributed by atoms with E-state index in [2.05, 4.69) is 25.1 Å². The molecule has 0 amide bonds. The minimum atomic E-state index is -1.68. The molecule has 0 aliphatic heterocycles. The molecule has 1 unspecified atom stereocenters. The molecule has 0 aliphatic carbocycles. The Hall–Kier alpha value is -0.353. The third-order valence-electron chi connectivity index (χ3n) is 3.03. The molecule has 0 aliphatic rings. The maximum absolute atomic E-state index is 6.03. The van der Waals surface area contributed by atoms with E-state index in [1.165, 1.54) is 11.1 Å². The fourth-order valence-electron chi connectivity index (χ4n) is 2.19. The number of halogens is 1. The molecule has 0 heterocycles. The van der Waals surface area contributed by atoms with Gasteiger partial charge in [-0.05, 0) is 31.4 Å². The predicted molar refractivity (Wildman–Crippen MR) is 79.4 cm³/mol. The van der Waals surface area contributed by atoms with Crippen molar-refractivity contribution in [1.29, 1.82) is 0 Å². The number of benzene rings is 1. The van der Waals surface area contributed by atoms with Crippen LogP contribution in [-0.2, 0) is 14.7 Å². The fraction of sp³-hybridized carbons (Fsp3) is 0.571. The van der Waals surface area contributed by atoms with E-state index >= 15 is 0 Å². The quantitative estimate of drug-likeness (QED) is 0.535. The van der Waals surface area contributed by atoms with Gasteiger partial charge >= 0.3 is 9.28 Å². The Morgan fingerprint density at radius 2 is 1.72 bits per heavy atom. The zero-order chi connectivity index (χ0) is 13.4. The first kappa shape index (κ1) is 15.7. The Morgan fingerprint density at radius 3 is 2.22 bits per heavy atom. The van der Waals surface area contributed by atoms with E-state index in [9.17, 15) is 0 Å². The highest BCUT2D eigenvalue weighted by Crippen LogP contribution is 2.27. The van der Waals surface area contributed by atoms with Gasteiger partial charge in [0.1, 0.15) is 0 Å². The van der Waals surface area contributed by atoms with Crippen LogP contribution in [0.2, 0.25) is 0 Å². The predicted octanol–water partition coefficient (Wildman–Crippen LogP) is 3.75. The summed E-state index contributed by atoms with van der Waals surface area (Å²) in [7, 11) is -1.68. The van der Waals surface area contributed by atoms with Crippen LogP contribution in [0.15, 0.2) is 24.3 Å². The maximum atomic E-state index is 6.03. The standard InChI is InChI=1S/C14H23ClO2Si/c1-4-14(18(16-5-2)17-6-3)13-10-8-7-9-12(13)11-15/h7-10,14,18H,4-6,11H2,1-3H3. The van der Waals surface area contributed by atoms with Gasteiger partial charge in [-0.2, -0.15) is 0 Å². The average molecular weight is 287 g/mol. The lowest BCUT2D eigenvalue weighted by atomic mass is 10.0. The SMILES string of the molecule is CCO[SiH](OCC)C(CC)c1ccccc1CCl. The summed E-state index contributed by atoms with van der Waals surface area (Å²) in [5.74, 6) is 0.548. The van der Waals surface area contributed by atoms with Crippen LogP contribution in [0.5, 0.6) is 0 Å². The Labute approximate surface area is 117 Å². The molecule has 0 bridgehead atoms. The molecule has 1 aromatic carbocycles. The molecule has 102 valence electrons. The van der Waals surface area contributed by atoms with Crippen LogP contribution in [0.4, 0.5) is 0 Å². The summed E-state index contributed by atoms with van der Waals surface area (Å²) in [5.41, 5.74) is 2.87. The molecule has 1 atom stereocenters. The molecule has 0 N–H and O–H groups in total. The molecule has 4 heteroatoms. The molecular formula is C14H23ClO2Si. The largest absolute Gasteiger partial charge is 0.396 e. The van der Waals surface area contributed by atoms with Gasteiger partial charge in [0.05, 0.1) is 0 Å². The molecule has 18 heavy (non-hydrogen) atoms. The first-order valence-corrected chi connectivity index (χ1v) is 8.79. The van der Waals surface area contributed by atoms with Crippen LogP contribution in [0.25, 0.3) is 0 Å². The summed E-state index contributed by atoms with van der Waals surface area (Å²) in [6.45, 7) is 7.68. The Balaban J connectivity index is 2.98. The molecular weight excluding hydrogens is 264 g/mol. The summed E-state index contributed by atoms with van der Waals surface area (Å²) < 4.78 is 11.7. The molecule has 0 spiro atoms. The lowest BCUT2D eigenvalue weighted by Gasteiger charge is -2.25. The van der Waals surface area contributed by atoms with Crippen molar-refractivity contribution in [2.45, 2.75) is 38.6 Å². The summed E-state index contributed by atoms with van der Waals surface area (Å²) >= 11 is 6.03. The highest BCUT2D eigenvalue weighted by Gasteiger charge is 2.27. The number of hydrogen-bond donors (Lipinski definition) is 0. The second-order valence-corrected chi connectivity index (χ2v) is 6.60. The molecule has 0 saturated carbocycles. The minimum absolute atomic E-state index is 0.375. The van der Waals surface area contributed by atoms with Crippen molar-refractivity contribution < 1.29 is 8.85 Å². The highest BCUT2D eigenvalue weighted by atomic mass is 35.5. The van der Waals surface area contributed by atoms with Gasteiger partial charge in [-0.1, -0.05) is 31.2 Å². The van der Waals surface area contributed by atoms with Gasteiger partial charge in [-0.25, -0.2) is 0 Å². The molecule has 0 radical (unpaired) electrons. The van der Waals surface area contributed by atoms with Crippen LogP contribution in [-0.4, -0.2) is 22.5 Å². The minimum Gasteiger partial charge on any atom is -0.396 e. The van der Waals surface area contributed by atoms with Gasteiger partial charge in [-0.15, -0.1) is 11.6 Å². The third kappa shape index (κ3) is 4.09. The van der Waals surface area contributed by atoms with Crippen LogP contribution in [0, 0.1) is 0 Å². The van der Waals surface area contributed by atoms with Crippen molar-refractivity contribution in [3.63, 3.8) is 0 Å². The Morgan fingerprint density at radius 1 is 1.11 bits per heavy atom. The van der Waals surface area contributed by atoms with E-state index in [0.717, 1.165) is 19.6 Å². The Kier molecular flexibility index (Phi) is 7.59. The van der Waals surface area contributed by atoms with Crippen LogP contribution in [0.1, 0.15) is 43.9 Å². The molecule has 0 aromatic heterocycles. The molecule has 1 aromatic rings. The van der Waals surface area contributed by atoms with Crippen molar-refractivity contribution in [3.8, 4) is 0 Å². The zero-order valence-corrected chi connectivity index (χ0v) is 13.4. The van der Waals surface area contributed by atoms with E-state index in [-0.39, 0.29) is 0 Å². The monoisotopic (exact) mass is 286 g/mol. The summed E-state index contributed by atoms with van der Waals surface area (Å²) in [6.07, 6.45) is 1.03. The van der Waals surface area contributed by atoms with Crippen molar-refractivity contribution in [1.82, 2.24) is 0 Å². The normalized spacial score (nSPS) is 12.9. The van der Waals surface area contributed by atoms with E-state index in [1.807, 2.05) is 19.9 Å². The van der Waals surface area contributed by atoms with Crippen molar-refractivity contribution in [3.05, 3.63) is 35.4 Å². The second kappa shape index (κ2) is 8.70. The lowest BCUT2D eigenvalue weighted by molar-refractivity contribution is 0.204. The number of alkyl halides is 1. The highest BCUT2D eigenvalue weighted by molar-refractivity contribution is 6.46. The van der Waals surface area contributed by atoms with Gasteiger partial charge < -0.3 is 8.85 Å². The summed E-state index contributed by atoms with van der Waals surface area (Å²) in [6, 6.07) is 8.35. The van der Waals surface area contributed by atoms with Gasteiger partial charge in [0.15, 0.2) is 0 Å². The van der Waals surface area contributed by atoms with Gasteiger partial charge in [0.2, 0.25) is 0 Å². The van der Waals surface area contributed by atoms with Gasteiger partial charge in [0.25, 0.3) is 0 Å². The van der Waals surface area contributed by atoms with E-state index < -0.39 is 9.28 Å². The van der Waals surface area contributed by atoms with Crippen molar-refractivity contribution >= 4 is 20.9 Å². The molecule has 2 nitrogen and oxygen atoms in total. The van der Waals surface area contributed by atoms with E-state index in [4.69, 9.17) is 20.5 Å². The summed E-state index contributed by atoms with van der Waals surface area (Å²) in [4.78, 5) is 0. The van der Waals surface area contributed by atoms with Gasteiger partial charge in [0, 0.05) is 24.6 Å². The van der Waals surface area contributed by atoms with Crippen LogP contribution in [0.3, 0.4) is 0 Å². The first-order valence-electron chi connectivity index (χ1n) is 6.65. The lowest BCUT2D eigenvalue weighted by Crippen LogP contribution is -2.31. The number of rotatable bonds is 8. The average Bonchev–Trinajstić information content (AvgIpc) is 2.40. The first-order chi connectivity index (χ1) is 8.78. The smallest absolute Gasteiger partial charge is 0.329 e. The van der Waals surface area contributed by atoms with Crippen molar-refractivity contribution in [2.75, 3.05) is 13.2 Å². The fourth-order valence-corrected chi connectivity index (χ4v) is 4.65. The molecule has 0 fully saturated rings. The second-order valence-electron chi connectivity index (χ2n) is 4.13. The number of hydrogen-bond acceptors (Lipinski definition) is 2. The van der Waals surface area contributed by atoms with Crippen LogP contribution < -0.4 is 0 Å². The van der Waals surface area contributed by atoms with Crippen molar-refractivity contribution in [2.24, 2.45) is 0 Å². The van der Waals surface area contributed by atoms with E-state index in [1.54, 1.807) is 0 Å². The molecule has 0 saturated heterocycles. The third-order valence-corrected chi connectivity index (χ3v) is 6.13. The van der Waals surface area contributed by atoms with Gasteiger partial charge in [-0.3, -0.25) is 0 Å². The van der Waals surface area contributed by atoms with Crippen LogP contribution >= 0.6 is 11.6 Å².